The van der Waals surface area contributed by atoms with Crippen molar-refractivity contribution in [3.05, 3.63) is 47.5 Å². The average molecular weight is 307 g/mol. The van der Waals surface area contributed by atoms with E-state index in [1.807, 2.05) is 36.4 Å². The third kappa shape index (κ3) is 2.91. The van der Waals surface area contributed by atoms with Crippen molar-refractivity contribution in [3.8, 4) is 0 Å². The first-order valence-electron chi connectivity index (χ1n) is 8.25. The van der Waals surface area contributed by atoms with Gasteiger partial charge < -0.3 is 4.57 Å². The van der Waals surface area contributed by atoms with Crippen LogP contribution in [0.15, 0.2) is 36.4 Å². The number of rotatable bonds is 7. The van der Waals surface area contributed by atoms with Crippen molar-refractivity contribution in [3.63, 3.8) is 0 Å². The molecule has 0 N–H and O–H groups in total. The van der Waals surface area contributed by atoms with E-state index in [4.69, 9.17) is 0 Å². The molecule has 0 unspecified atom stereocenters. The first kappa shape index (κ1) is 15.5. The molecular formula is C20H21NO2. The highest BCUT2D eigenvalue weighted by Gasteiger charge is 2.11. The van der Waals surface area contributed by atoms with Gasteiger partial charge in [0.15, 0.2) is 0 Å². The molecule has 0 aliphatic rings. The van der Waals surface area contributed by atoms with Gasteiger partial charge in [-0.2, -0.15) is 0 Å². The maximum atomic E-state index is 11.1. The van der Waals surface area contributed by atoms with Crippen LogP contribution in [0, 0.1) is 0 Å². The zero-order valence-electron chi connectivity index (χ0n) is 13.4. The molecular weight excluding hydrogens is 286 g/mol. The molecule has 0 saturated carbocycles. The largest absolute Gasteiger partial charge is 0.340 e. The van der Waals surface area contributed by atoms with E-state index in [9.17, 15) is 9.59 Å². The minimum Gasteiger partial charge on any atom is -0.340 e. The van der Waals surface area contributed by atoms with Crippen LogP contribution in [0.4, 0.5) is 0 Å². The summed E-state index contributed by atoms with van der Waals surface area (Å²) in [5, 5.41) is 2.09. The van der Waals surface area contributed by atoms with Gasteiger partial charge in [0, 0.05) is 39.5 Å². The Kier molecular flexibility index (Phi) is 4.56. The molecule has 1 heterocycles. The second-order valence-electron chi connectivity index (χ2n) is 6.00. The van der Waals surface area contributed by atoms with Crippen molar-refractivity contribution in [1.29, 1.82) is 0 Å². The molecule has 0 aliphatic heterocycles. The highest BCUT2D eigenvalue weighted by Crippen LogP contribution is 2.30. The zero-order valence-corrected chi connectivity index (χ0v) is 13.4. The number of aromatic nitrogens is 1. The van der Waals surface area contributed by atoms with Crippen molar-refractivity contribution in [2.24, 2.45) is 0 Å². The quantitative estimate of drug-likeness (QED) is 0.455. The minimum absolute atomic E-state index is 0.666. The van der Waals surface area contributed by atoms with Crippen LogP contribution in [0.25, 0.3) is 21.8 Å². The SMILES string of the molecule is CCCCCCn1c2ccc(C=O)cc2c2cc(C=O)ccc21. The number of aryl methyl sites for hydroxylation is 1. The number of carbonyl (C=O) groups is 2. The van der Waals surface area contributed by atoms with Crippen molar-refractivity contribution in [2.45, 2.75) is 39.2 Å². The van der Waals surface area contributed by atoms with Gasteiger partial charge in [-0.25, -0.2) is 0 Å². The fourth-order valence-corrected chi connectivity index (χ4v) is 3.22. The van der Waals surface area contributed by atoms with Gasteiger partial charge in [0.25, 0.3) is 0 Å². The second kappa shape index (κ2) is 6.78. The monoisotopic (exact) mass is 307 g/mol. The average Bonchev–Trinajstić information content (AvgIpc) is 2.91. The minimum atomic E-state index is 0.666. The standard InChI is InChI=1S/C20H21NO2/c1-2-3-4-5-10-21-19-8-6-15(13-22)11-17(19)18-12-16(14-23)7-9-20(18)21/h6-9,11-14H,2-5,10H2,1H3. The van der Waals surface area contributed by atoms with Gasteiger partial charge >= 0.3 is 0 Å². The Bertz CT molecular complexity index is 796. The Balaban J connectivity index is 2.15. The first-order chi connectivity index (χ1) is 11.3. The van der Waals surface area contributed by atoms with Gasteiger partial charge in [-0.05, 0) is 42.8 Å². The lowest BCUT2D eigenvalue weighted by Gasteiger charge is -2.07. The molecule has 118 valence electrons. The Labute approximate surface area is 135 Å². The molecule has 2 aromatic carbocycles. The van der Waals surface area contributed by atoms with Crippen molar-refractivity contribution < 1.29 is 9.59 Å². The summed E-state index contributed by atoms with van der Waals surface area (Å²) in [6.45, 7) is 3.17. The number of benzene rings is 2. The van der Waals surface area contributed by atoms with Crippen molar-refractivity contribution in [1.82, 2.24) is 4.57 Å². The van der Waals surface area contributed by atoms with Gasteiger partial charge in [0.2, 0.25) is 0 Å². The molecule has 0 amide bonds. The third-order valence-corrected chi connectivity index (χ3v) is 4.42. The lowest BCUT2D eigenvalue weighted by atomic mass is 10.1. The van der Waals surface area contributed by atoms with Crippen LogP contribution >= 0.6 is 0 Å². The summed E-state index contributed by atoms with van der Waals surface area (Å²) in [4.78, 5) is 22.2. The van der Waals surface area contributed by atoms with Gasteiger partial charge in [0.05, 0.1) is 0 Å². The summed E-state index contributed by atoms with van der Waals surface area (Å²) < 4.78 is 2.31. The van der Waals surface area contributed by atoms with Crippen LogP contribution in [0.5, 0.6) is 0 Å². The third-order valence-electron chi connectivity index (χ3n) is 4.42. The number of unbranched alkanes of at least 4 members (excludes halogenated alkanes) is 3. The summed E-state index contributed by atoms with van der Waals surface area (Å²) in [5.74, 6) is 0. The normalized spacial score (nSPS) is 11.2. The second-order valence-corrected chi connectivity index (χ2v) is 6.00. The number of hydrogen-bond donors (Lipinski definition) is 0. The summed E-state index contributed by atoms with van der Waals surface area (Å²) >= 11 is 0. The molecule has 0 atom stereocenters. The number of carbonyl (C=O) groups excluding carboxylic acids is 2. The first-order valence-corrected chi connectivity index (χ1v) is 8.25. The molecule has 23 heavy (non-hydrogen) atoms. The summed E-state index contributed by atoms with van der Waals surface area (Å²) in [6.07, 6.45) is 6.56. The van der Waals surface area contributed by atoms with Gasteiger partial charge in [-0.15, -0.1) is 0 Å². The highest BCUT2D eigenvalue weighted by atomic mass is 16.1. The van der Waals surface area contributed by atoms with Gasteiger partial charge in [-0.3, -0.25) is 9.59 Å². The lowest BCUT2D eigenvalue weighted by Crippen LogP contribution is -1.98. The summed E-state index contributed by atoms with van der Waals surface area (Å²) in [6, 6.07) is 11.6. The fraction of sp³-hybridized carbons (Fsp3) is 0.300. The van der Waals surface area contributed by atoms with Gasteiger partial charge in [-0.1, -0.05) is 26.2 Å². The van der Waals surface area contributed by atoms with E-state index in [0.717, 1.165) is 47.3 Å². The van der Waals surface area contributed by atoms with E-state index < -0.39 is 0 Å². The Morgan fingerprint density at radius 3 is 1.87 bits per heavy atom. The molecule has 3 aromatic rings. The highest BCUT2D eigenvalue weighted by molar-refractivity contribution is 6.10. The molecule has 0 spiro atoms. The zero-order chi connectivity index (χ0) is 16.2. The molecule has 0 radical (unpaired) electrons. The van der Waals surface area contributed by atoms with E-state index >= 15 is 0 Å². The Hall–Kier alpha value is -2.42. The van der Waals surface area contributed by atoms with E-state index in [2.05, 4.69) is 11.5 Å². The number of aldehydes is 2. The Morgan fingerprint density at radius 2 is 1.39 bits per heavy atom. The number of hydrogen-bond acceptors (Lipinski definition) is 2. The summed E-state index contributed by atoms with van der Waals surface area (Å²) in [5.41, 5.74) is 3.59. The smallest absolute Gasteiger partial charge is 0.150 e. The maximum absolute atomic E-state index is 11.1. The molecule has 3 rings (SSSR count). The van der Waals surface area contributed by atoms with Crippen molar-refractivity contribution >= 4 is 34.4 Å². The molecule has 0 bridgehead atoms. The molecule has 0 aliphatic carbocycles. The Morgan fingerprint density at radius 1 is 0.826 bits per heavy atom. The van der Waals surface area contributed by atoms with Crippen LogP contribution in [0.2, 0.25) is 0 Å². The predicted molar refractivity (Wildman–Crippen MR) is 94.4 cm³/mol. The van der Waals surface area contributed by atoms with Crippen LogP contribution in [-0.2, 0) is 6.54 Å². The van der Waals surface area contributed by atoms with E-state index in [1.54, 1.807) is 0 Å². The van der Waals surface area contributed by atoms with Gasteiger partial charge in [0.1, 0.15) is 12.6 Å². The fourth-order valence-electron chi connectivity index (χ4n) is 3.22. The molecule has 1 aromatic heterocycles. The van der Waals surface area contributed by atoms with Crippen molar-refractivity contribution in [2.75, 3.05) is 0 Å². The molecule has 3 nitrogen and oxygen atoms in total. The lowest BCUT2D eigenvalue weighted by molar-refractivity contribution is 0.111. The topological polar surface area (TPSA) is 39.1 Å². The predicted octanol–water partition coefficient (Wildman–Crippen LogP) is 5.00. The van der Waals surface area contributed by atoms with Crippen LogP contribution in [0.1, 0.15) is 53.3 Å². The maximum Gasteiger partial charge on any atom is 0.150 e. The number of fused-ring (bicyclic) bond motifs is 3. The van der Waals surface area contributed by atoms with Crippen LogP contribution < -0.4 is 0 Å². The van der Waals surface area contributed by atoms with Crippen LogP contribution in [-0.4, -0.2) is 17.1 Å². The van der Waals surface area contributed by atoms with E-state index in [1.165, 1.54) is 19.3 Å². The molecule has 0 saturated heterocycles. The number of nitrogens with zero attached hydrogens (tertiary/aromatic N) is 1. The summed E-state index contributed by atoms with van der Waals surface area (Å²) in [7, 11) is 0. The molecule has 0 fully saturated rings. The van der Waals surface area contributed by atoms with E-state index in [-0.39, 0.29) is 0 Å². The van der Waals surface area contributed by atoms with Crippen LogP contribution in [0.3, 0.4) is 0 Å². The molecule has 3 heteroatoms. The van der Waals surface area contributed by atoms with E-state index in [0.29, 0.717) is 11.1 Å².